The number of pyridine rings is 2. The van der Waals surface area contributed by atoms with Gasteiger partial charge in [-0.15, -0.1) is 0 Å². The van der Waals surface area contributed by atoms with E-state index in [-0.39, 0.29) is 11.5 Å². The summed E-state index contributed by atoms with van der Waals surface area (Å²) >= 11 is 0. The zero-order chi connectivity index (χ0) is 17.0. The molecule has 0 spiro atoms. The molecule has 0 radical (unpaired) electrons. The lowest BCUT2D eigenvalue weighted by molar-refractivity contribution is -0.141. The monoisotopic (exact) mass is 339 g/mol. The van der Waals surface area contributed by atoms with Gasteiger partial charge in [0.25, 0.3) is 0 Å². The van der Waals surface area contributed by atoms with Crippen LogP contribution < -0.4 is 4.74 Å². The molecular weight excluding hydrogens is 314 g/mol. The van der Waals surface area contributed by atoms with Crippen molar-refractivity contribution in [1.82, 2.24) is 14.9 Å². The fraction of sp³-hybridized carbons (Fsp3) is 0.500. The highest BCUT2D eigenvalue weighted by Crippen LogP contribution is 2.40. The average Bonchev–Trinajstić information content (AvgIpc) is 2.68. The summed E-state index contributed by atoms with van der Waals surface area (Å²) in [5.41, 5.74) is 1.31. The standard InChI is InChI=1S/C20H25N3O2/c1-2-10-22-19(6-1)25-16-20-8-4-12-24-18(20)7-11-23(15-20)14-17-5-3-9-21-13-17/h1-3,5-6,9-10,13,18H,4,7-8,11-12,14-16H2. The Labute approximate surface area is 149 Å². The fourth-order valence-electron chi connectivity index (χ4n) is 4.13. The Hall–Kier alpha value is -1.98. The number of piperidine rings is 1. The number of ether oxygens (including phenoxy) is 2. The van der Waals surface area contributed by atoms with Gasteiger partial charge in [-0.2, -0.15) is 0 Å². The SMILES string of the molecule is c1ccc(OCC23CCCOC2CCN(Cc2cccnc2)C3)nc1. The van der Waals surface area contributed by atoms with E-state index in [0.717, 1.165) is 45.5 Å². The summed E-state index contributed by atoms with van der Waals surface area (Å²) in [7, 11) is 0. The Morgan fingerprint density at radius 3 is 3.08 bits per heavy atom. The van der Waals surface area contributed by atoms with Crippen molar-refractivity contribution in [1.29, 1.82) is 0 Å². The van der Waals surface area contributed by atoms with E-state index in [9.17, 15) is 0 Å². The van der Waals surface area contributed by atoms with Crippen LogP contribution in [-0.4, -0.2) is 47.3 Å². The van der Waals surface area contributed by atoms with Crippen LogP contribution in [0.1, 0.15) is 24.8 Å². The van der Waals surface area contributed by atoms with Crippen LogP contribution in [0.5, 0.6) is 5.88 Å². The molecule has 25 heavy (non-hydrogen) atoms. The van der Waals surface area contributed by atoms with Crippen molar-refractivity contribution in [3.05, 3.63) is 54.5 Å². The van der Waals surface area contributed by atoms with E-state index in [1.165, 1.54) is 5.56 Å². The molecule has 0 bridgehead atoms. The Bertz CT molecular complexity index is 667. The van der Waals surface area contributed by atoms with Gasteiger partial charge in [0.15, 0.2) is 0 Å². The molecule has 2 aliphatic heterocycles. The van der Waals surface area contributed by atoms with Gasteiger partial charge in [-0.3, -0.25) is 9.88 Å². The predicted molar refractivity (Wildman–Crippen MR) is 95.3 cm³/mol. The smallest absolute Gasteiger partial charge is 0.213 e. The van der Waals surface area contributed by atoms with Crippen LogP contribution in [0.4, 0.5) is 0 Å². The number of hydrogen-bond acceptors (Lipinski definition) is 5. The molecule has 0 aromatic carbocycles. The molecule has 2 aliphatic rings. The molecular formula is C20H25N3O2. The molecule has 2 atom stereocenters. The Balaban J connectivity index is 1.47. The van der Waals surface area contributed by atoms with Crippen LogP contribution in [0, 0.1) is 5.41 Å². The number of fused-ring (bicyclic) bond motifs is 1. The third-order valence-electron chi connectivity index (χ3n) is 5.34. The van der Waals surface area contributed by atoms with E-state index in [1.54, 1.807) is 6.20 Å². The van der Waals surface area contributed by atoms with Crippen LogP contribution in [-0.2, 0) is 11.3 Å². The topological polar surface area (TPSA) is 47.5 Å². The molecule has 0 N–H and O–H groups in total. The van der Waals surface area contributed by atoms with Crippen molar-refractivity contribution >= 4 is 0 Å². The van der Waals surface area contributed by atoms with Crippen molar-refractivity contribution < 1.29 is 9.47 Å². The third kappa shape index (κ3) is 3.83. The minimum absolute atomic E-state index is 0.0518. The number of rotatable bonds is 5. The third-order valence-corrected chi connectivity index (χ3v) is 5.34. The van der Waals surface area contributed by atoms with E-state index in [1.807, 2.05) is 36.7 Å². The van der Waals surface area contributed by atoms with Crippen molar-refractivity contribution in [3.8, 4) is 5.88 Å². The number of likely N-dealkylation sites (tertiary alicyclic amines) is 1. The van der Waals surface area contributed by atoms with Crippen LogP contribution >= 0.6 is 0 Å². The number of aromatic nitrogens is 2. The zero-order valence-corrected chi connectivity index (χ0v) is 14.5. The van der Waals surface area contributed by atoms with E-state index >= 15 is 0 Å². The molecule has 5 heteroatoms. The molecule has 2 saturated heterocycles. The van der Waals surface area contributed by atoms with E-state index in [4.69, 9.17) is 9.47 Å². The molecule has 132 valence electrons. The first kappa shape index (κ1) is 16.5. The molecule has 2 unspecified atom stereocenters. The van der Waals surface area contributed by atoms with E-state index < -0.39 is 0 Å². The van der Waals surface area contributed by atoms with E-state index in [2.05, 4.69) is 20.9 Å². The highest BCUT2D eigenvalue weighted by molar-refractivity contribution is 5.11. The summed E-state index contributed by atoms with van der Waals surface area (Å²) in [4.78, 5) is 11.1. The van der Waals surface area contributed by atoms with Crippen LogP contribution in [0.3, 0.4) is 0 Å². The van der Waals surface area contributed by atoms with Gasteiger partial charge in [-0.1, -0.05) is 12.1 Å². The first-order chi connectivity index (χ1) is 12.3. The summed E-state index contributed by atoms with van der Waals surface area (Å²) < 4.78 is 12.2. The highest BCUT2D eigenvalue weighted by atomic mass is 16.5. The molecule has 2 aromatic rings. The van der Waals surface area contributed by atoms with Crippen molar-refractivity contribution in [2.45, 2.75) is 31.9 Å². The van der Waals surface area contributed by atoms with Gasteiger partial charge < -0.3 is 9.47 Å². The van der Waals surface area contributed by atoms with Crippen LogP contribution in [0.25, 0.3) is 0 Å². The second-order valence-electron chi connectivity index (χ2n) is 7.14. The minimum Gasteiger partial charge on any atom is -0.477 e. The predicted octanol–water partition coefficient (Wildman–Crippen LogP) is 2.93. The molecule has 0 saturated carbocycles. The van der Waals surface area contributed by atoms with Gasteiger partial charge in [-0.05, 0) is 37.0 Å². The molecule has 0 aliphatic carbocycles. The van der Waals surface area contributed by atoms with Crippen molar-refractivity contribution in [2.75, 3.05) is 26.3 Å². The van der Waals surface area contributed by atoms with Crippen molar-refractivity contribution in [2.24, 2.45) is 5.41 Å². The zero-order valence-electron chi connectivity index (χ0n) is 14.5. The second kappa shape index (κ2) is 7.50. The summed E-state index contributed by atoms with van der Waals surface area (Å²) in [5, 5.41) is 0. The Morgan fingerprint density at radius 2 is 2.24 bits per heavy atom. The molecule has 5 nitrogen and oxygen atoms in total. The first-order valence-corrected chi connectivity index (χ1v) is 9.11. The second-order valence-corrected chi connectivity index (χ2v) is 7.14. The number of hydrogen-bond donors (Lipinski definition) is 0. The number of nitrogens with zero attached hydrogens (tertiary/aromatic N) is 3. The lowest BCUT2D eigenvalue weighted by Crippen LogP contribution is -2.57. The van der Waals surface area contributed by atoms with Crippen LogP contribution in [0.15, 0.2) is 48.9 Å². The highest BCUT2D eigenvalue weighted by Gasteiger charge is 2.46. The summed E-state index contributed by atoms with van der Waals surface area (Å²) in [6, 6.07) is 9.95. The quantitative estimate of drug-likeness (QED) is 0.838. The van der Waals surface area contributed by atoms with Gasteiger partial charge in [0.2, 0.25) is 5.88 Å². The largest absolute Gasteiger partial charge is 0.477 e. The van der Waals surface area contributed by atoms with Gasteiger partial charge in [0, 0.05) is 56.3 Å². The van der Waals surface area contributed by atoms with E-state index in [0.29, 0.717) is 12.5 Å². The fourth-order valence-corrected chi connectivity index (χ4v) is 4.13. The summed E-state index contributed by atoms with van der Waals surface area (Å²) in [6.07, 6.45) is 9.16. The normalized spacial score (nSPS) is 26.8. The van der Waals surface area contributed by atoms with Gasteiger partial charge in [-0.25, -0.2) is 4.98 Å². The Kier molecular flexibility index (Phi) is 4.95. The molecule has 0 amide bonds. The Morgan fingerprint density at radius 1 is 1.24 bits per heavy atom. The molecule has 4 rings (SSSR count). The molecule has 2 aromatic heterocycles. The lowest BCUT2D eigenvalue weighted by atomic mass is 9.73. The lowest BCUT2D eigenvalue weighted by Gasteiger charge is -2.50. The maximum atomic E-state index is 6.13. The first-order valence-electron chi connectivity index (χ1n) is 9.11. The molecule has 4 heterocycles. The summed E-state index contributed by atoms with van der Waals surface area (Å²) in [6.45, 7) is 4.53. The maximum absolute atomic E-state index is 6.13. The van der Waals surface area contributed by atoms with Gasteiger partial charge in [0.1, 0.15) is 0 Å². The van der Waals surface area contributed by atoms with Gasteiger partial charge in [0.05, 0.1) is 12.7 Å². The average molecular weight is 339 g/mol. The van der Waals surface area contributed by atoms with Crippen molar-refractivity contribution in [3.63, 3.8) is 0 Å². The van der Waals surface area contributed by atoms with Crippen LogP contribution in [0.2, 0.25) is 0 Å². The maximum Gasteiger partial charge on any atom is 0.213 e. The minimum atomic E-state index is 0.0518. The van der Waals surface area contributed by atoms with Gasteiger partial charge >= 0.3 is 0 Å². The molecule has 2 fully saturated rings. The summed E-state index contributed by atoms with van der Waals surface area (Å²) in [5.74, 6) is 0.700.